The number of amides is 1. The van der Waals surface area contributed by atoms with Crippen molar-refractivity contribution in [1.82, 2.24) is 14.3 Å². The number of thiocarbonyl (C=S) groups is 1. The summed E-state index contributed by atoms with van der Waals surface area (Å²) in [4.78, 5) is 36.0. The van der Waals surface area contributed by atoms with Gasteiger partial charge in [0, 0.05) is 25.8 Å². The number of piperidine rings is 1. The molecule has 1 amide bonds. The number of hydrogen-bond acceptors (Lipinski definition) is 6. The number of aryl methyl sites for hydroxylation is 1. The van der Waals surface area contributed by atoms with E-state index in [1.54, 1.807) is 21.6 Å². The molecule has 0 atom stereocenters. The summed E-state index contributed by atoms with van der Waals surface area (Å²) in [6.07, 6.45) is 7.46. The van der Waals surface area contributed by atoms with Crippen molar-refractivity contribution in [3.63, 3.8) is 0 Å². The van der Waals surface area contributed by atoms with E-state index in [-0.39, 0.29) is 11.5 Å². The SMILES string of the molecule is CCCN1C(=O)C(=Cc2c(N3CCC(Cc4ccccc4)CC3)nc3ccc(C)cn3c2=O)SC1=S. The third-order valence-corrected chi connectivity index (χ3v) is 8.24. The van der Waals surface area contributed by atoms with E-state index in [9.17, 15) is 9.59 Å². The Labute approximate surface area is 221 Å². The standard InChI is InChI=1S/C28H30N4O2S2/c1-3-13-31-27(34)23(36-28(31)35)17-22-25(29-24-10-9-19(2)18-32(24)26(22)33)30-14-11-21(12-15-30)16-20-7-5-4-6-8-20/h4-10,17-18,21H,3,11-16H2,1-2H3. The number of hydrogen-bond donors (Lipinski definition) is 0. The Kier molecular flexibility index (Phi) is 7.25. The number of pyridine rings is 1. The first kappa shape index (κ1) is 24.7. The molecule has 2 aliphatic heterocycles. The van der Waals surface area contributed by atoms with Gasteiger partial charge in [0.1, 0.15) is 15.8 Å². The van der Waals surface area contributed by atoms with Crippen LogP contribution in [0.2, 0.25) is 0 Å². The summed E-state index contributed by atoms with van der Waals surface area (Å²) in [5.41, 5.74) is 3.24. The summed E-state index contributed by atoms with van der Waals surface area (Å²) >= 11 is 6.71. The second kappa shape index (κ2) is 10.6. The van der Waals surface area contributed by atoms with Gasteiger partial charge in [-0.3, -0.25) is 18.9 Å². The molecule has 5 rings (SSSR count). The normalized spacial score (nSPS) is 18.1. The number of rotatable bonds is 6. The Bertz CT molecular complexity index is 1390. The van der Waals surface area contributed by atoms with E-state index < -0.39 is 0 Å². The average Bonchev–Trinajstić information content (AvgIpc) is 3.15. The molecular weight excluding hydrogens is 488 g/mol. The van der Waals surface area contributed by atoms with Gasteiger partial charge >= 0.3 is 0 Å². The summed E-state index contributed by atoms with van der Waals surface area (Å²) in [7, 11) is 0. The first-order chi connectivity index (χ1) is 17.4. The molecule has 0 saturated carbocycles. The summed E-state index contributed by atoms with van der Waals surface area (Å²) in [5.74, 6) is 1.12. The fraction of sp³-hybridized carbons (Fsp3) is 0.357. The molecule has 1 aromatic carbocycles. The lowest BCUT2D eigenvalue weighted by Crippen LogP contribution is -2.37. The Morgan fingerprint density at radius 1 is 1.11 bits per heavy atom. The molecule has 8 heteroatoms. The number of carbonyl (C=O) groups excluding carboxylic acids is 1. The highest BCUT2D eigenvalue weighted by Gasteiger charge is 2.32. The lowest BCUT2D eigenvalue weighted by molar-refractivity contribution is -0.122. The number of carbonyl (C=O) groups is 1. The van der Waals surface area contributed by atoms with E-state index >= 15 is 0 Å². The van der Waals surface area contributed by atoms with Crippen LogP contribution in [0.5, 0.6) is 0 Å². The van der Waals surface area contributed by atoms with Gasteiger partial charge in [0.05, 0.1) is 10.5 Å². The Balaban J connectivity index is 1.49. The average molecular weight is 519 g/mol. The molecule has 0 bridgehead atoms. The van der Waals surface area contributed by atoms with Gasteiger partial charge in [-0.25, -0.2) is 4.98 Å². The number of fused-ring (bicyclic) bond motifs is 1. The molecule has 2 saturated heterocycles. The first-order valence-corrected chi connectivity index (χ1v) is 13.7. The monoisotopic (exact) mass is 518 g/mol. The zero-order valence-electron chi connectivity index (χ0n) is 20.6. The minimum absolute atomic E-state index is 0.131. The highest BCUT2D eigenvalue weighted by Crippen LogP contribution is 2.34. The van der Waals surface area contributed by atoms with Crippen LogP contribution in [0.25, 0.3) is 11.7 Å². The van der Waals surface area contributed by atoms with E-state index in [1.807, 2.05) is 26.0 Å². The molecule has 186 valence electrons. The smallest absolute Gasteiger partial charge is 0.267 e. The van der Waals surface area contributed by atoms with Gasteiger partial charge in [0.2, 0.25) is 0 Å². The number of thioether (sulfide) groups is 1. The van der Waals surface area contributed by atoms with Gasteiger partial charge in [0.15, 0.2) is 0 Å². The van der Waals surface area contributed by atoms with E-state index in [4.69, 9.17) is 17.2 Å². The molecule has 2 fully saturated rings. The number of aromatic nitrogens is 2. The summed E-state index contributed by atoms with van der Waals surface area (Å²) in [6, 6.07) is 14.5. The molecule has 0 spiro atoms. The van der Waals surface area contributed by atoms with Gasteiger partial charge < -0.3 is 4.90 Å². The first-order valence-electron chi connectivity index (χ1n) is 12.5. The van der Waals surface area contributed by atoms with Crippen molar-refractivity contribution in [2.45, 2.75) is 39.5 Å². The largest absolute Gasteiger partial charge is 0.356 e. The van der Waals surface area contributed by atoms with Crippen molar-refractivity contribution in [2.24, 2.45) is 5.92 Å². The molecule has 0 aliphatic carbocycles. The number of nitrogens with zero attached hydrogens (tertiary/aromatic N) is 4. The molecule has 2 aliphatic rings. The molecule has 4 heterocycles. The minimum atomic E-state index is -0.161. The number of benzene rings is 1. The third-order valence-electron chi connectivity index (χ3n) is 6.86. The highest BCUT2D eigenvalue weighted by atomic mass is 32.2. The summed E-state index contributed by atoms with van der Waals surface area (Å²) in [6.45, 7) is 6.20. The highest BCUT2D eigenvalue weighted by molar-refractivity contribution is 8.26. The van der Waals surface area contributed by atoms with E-state index in [0.29, 0.717) is 38.7 Å². The maximum Gasteiger partial charge on any atom is 0.267 e. The molecule has 2 aromatic heterocycles. The quantitative estimate of drug-likeness (QED) is 0.335. The van der Waals surface area contributed by atoms with Crippen LogP contribution in [-0.4, -0.2) is 44.1 Å². The van der Waals surface area contributed by atoms with E-state index in [0.717, 1.165) is 44.3 Å². The van der Waals surface area contributed by atoms with Crippen LogP contribution in [0.15, 0.2) is 58.4 Å². The van der Waals surface area contributed by atoms with Crippen LogP contribution < -0.4 is 10.5 Å². The van der Waals surface area contributed by atoms with Crippen LogP contribution >= 0.6 is 24.0 Å². The fourth-order valence-electron chi connectivity index (χ4n) is 4.96. The number of anilines is 1. The molecule has 36 heavy (non-hydrogen) atoms. The van der Waals surface area contributed by atoms with E-state index in [1.165, 1.54) is 17.3 Å². The predicted molar refractivity (Wildman–Crippen MR) is 151 cm³/mol. The van der Waals surface area contributed by atoms with Crippen molar-refractivity contribution in [2.75, 3.05) is 24.5 Å². The second-order valence-electron chi connectivity index (χ2n) is 9.54. The predicted octanol–water partition coefficient (Wildman–Crippen LogP) is 5.07. The van der Waals surface area contributed by atoms with Crippen LogP contribution in [0.1, 0.15) is 42.9 Å². The molecule has 3 aromatic rings. The maximum atomic E-state index is 13.7. The summed E-state index contributed by atoms with van der Waals surface area (Å²) < 4.78 is 2.13. The lowest BCUT2D eigenvalue weighted by atomic mass is 9.90. The van der Waals surface area contributed by atoms with Crippen LogP contribution in [0, 0.1) is 12.8 Å². The lowest BCUT2D eigenvalue weighted by Gasteiger charge is -2.33. The van der Waals surface area contributed by atoms with Gasteiger partial charge in [-0.1, -0.05) is 67.3 Å². The van der Waals surface area contributed by atoms with Crippen molar-refractivity contribution in [3.05, 3.63) is 80.6 Å². The minimum Gasteiger partial charge on any atom is -0.356 e. The molecule has 0 unspecified atom stereocenters. The van der Waals surface area contributed by atoms with Crippen molar-refractivity contribution < 1.29 is 4.79 Å². The maximum absolute atomic E-state index is 13.7. The Morgan fingerprint density at radius 3 is 2.58 bits per heavy atom. The van der Waals surface area contributed by atoms with E-state index in [2.05, 4.69) is 35.2 Å². The van der Waals surface area contributed by atoms with Gasteiger partial charge in [-0.15, -0.1) is 0 Å². The Morgan fingerprint density at radius 2 is 1.86 bits per heavy atom. The van der Waals surface area contributed by atoms with Crippen molar-refractivity contribution >= 4 is 51.7 Å². The van der Waals surface area contributed by atoms with Gasteiger partial charge in [-0.05, 0) is 61.8 Å². The fourth-order valence-corrected chi connectivity index (χ4v) is 6.25. The van der Waals surface area contributed by atoms with Crippen LogP contribution in [0.3, 0.4) is 0 Å². The third kappa shape index (κ3) is 4.97. The molecular formula is C28H30N4O2S2. The van der Waals surface area contributed by atoms with Crippen molar-refractivity contribution in [3.8, 4) is 0 Å². The molecule has 6 nitrogen and oxygen atoms in total. The van der Waals surface area contributed by atoms with Crippen LogP contribution in [-0.2, 0) is 11.2 Å². The zero-order valence-corrected chi connectivity index (χ0v) is 22.3. The second-order valence-corrected chi connectivity index (χ2v) is 11.2. The summed E-state index contributed by atoms with van der Waals surface area (Å²) in [5, 5.41) is 0. The van der Waals surface area contributed by atoms with Crippen molar-refractivity contribution in [1.29, 1.82) is 0 Å². The van der Waals surface area contributed by atoms with Gasteiger partial charge in [-0.2, -0.15) is 0 Å². The zero-order chi connectivity index (χ0) is 25.2. The molecule has 0 radical (unpaired) electrons. The van der Waals surface area contributed by atoms with Crippen LogP contribution in [0.4, 0.5) is 5.82 Å². The molecule has 0 N–H and O–H groups in total. The Hall–Kier alpha value is -2.97. The van der Waals surface area contributed by atoms with Gasteiger partial charge in [0.25, 0.3) is 11.5 Å². The topological polar surface area (TPSA) is 57.9 Å².